The summed E-state index contributed by atoms with van der Waals surface area (Å²) in [6.07, 6.45) is 1.25. The first kappa shape index (κ1) is 16.1. The Morgan fingerprint density at radius 3 is 3.08 bits per heavy atom. The molecular formula is C17H19N3O2S2. The van der Waals surface area contributed by atoms with Crippen molar-refractivity contribution in [1.82, 2.24) is 14.9 Å². The summed E-state index contributed by atoms with van der Waals surface area (Å²) in [5.41, 5.74) is 4.27. The molecule has 1 amide bonds. The van der Waals surface area contributed by atoms with E-state index in [0.717, 1.165) is 36.7 Å². The number of carbonyl (C=O) groups is 1. The Labute approximate surface area is 149 Å². The molecule has 0 N–H and O–H groups in total. The Balaban J connectivity index is 1.28. The highest BCUT2D eigenvalue weighted by Gasteiger charge is 2.51. The van der Waals surface area contributed by atoms with Crippen LogP contribution in [-0.2, 0) is 11.3 Å². The third kappa shape index (κ3) is 3.20. The van der Waals surface area contributed by atoms with Gasteiger partial charge in [-0.15, -0.1) is 23.1 Å². The summed E-state index contributed by atoms with van der Waals surface area (Å²) < 4.78 is 6.22. The minimum atomic E-state index is 0.0517. The molecule has 4 heterocycles. The highest BCUT2D eigenvalue weighted by atomic mass is 32.2. The van der Waals surface area contributed by atoms with Crippen LogP contribution >= 0.6 is 23.1 Å². The second kappa shape index (κ2) is 6.46. The monoisotopic (exact) mass is 361 g/mol. The SMILES string of the molecule is Cc1cccc(CO[C@@H]2CSC3(C2)CN(C(=O)c2cscn2)C3)n1. The number of hydrogen-bond donors (Lipinski definition) is 0. The second-order valence-electron chi connectivity index (χ2n) is 6.44. The van der Waals surface area contributed by atoms with Crippen LogP contribution in [0.5, 0.6) is 0 Å². The maximum Gasteiger partial charge on any atom is 0.273 e. The zero-order valence-electron chi connectivity index (χ0n) is 13.5. The summed E-state index contributed by atoms with van der Waals surface area (Å²) in [4.78, 5) is 22.8. The molecule has 1 spiro atoms. The van der Waals surface area contributed by atoms with Crippen molar-refractivity contribution in [2.45, 2.75) is 30.8 Å². The average molecular weight is 361 g/mol. The van der Waals surface area contributed by atoms with Crippen LogP contribution in [0.25, 0.3) is 0 Å². The van der Waals surface area contributed by atoms with E-state index in [0.29, 0.717) is 12.3 Å². The molecule has 2 aliphatic rings. The molecule has 126 valence electrons. The van der Waals surface area contributed by atoms with Gasteiger partial charge in [-0.1, -0.05) is 6.07 Å². The van der Waals surface area contributed by atoms with Crippen molar-refractivity contribution in [3.05, 3.63) is 46.2 Å². The molecule has 0 aliphatic carbocycles. The predicted octanol–water partition coefficient (Wildman–Crippen LogP) is 2.76. The lowest BCUT2D eigenvalue weighted by molar-refractivity contribution is 0.0243. The van der Waals surface area contributed by atoms with Gasteiger partial charge in [-0.3, -0.25) is 9.78 Å². The summed E-state index contributed by atoms with van der Waals surface area (Å²) in [6, 6.07) is 6.01. The number of amides is 1. The number of ether oxygens (including phenoxy) is 1. The molecule has 2 fully saturated rings. The van der Waals surface area contributed by atoms with E-state index in [1.807, 2.05) is 47.2 Å². The molecular weight excluding hydrogens is 342 g/mol. The minimum Gasteiger partial charge on any atom is -0.371 e. The molecule has 0 bridgehead atoms. The van der Waals surface area contributed by atoms with Gasteiger partial charge >= 0.3 is 0 Å². The Hall–Kier alpha value is -1.44. The number of hydrogen-bond acceptors (Lipinski definition) is 6. The molecule has 5 nitrogen and oxygen atoms in total. The van der Waals surface area contributed by atoms with Crippen molar-refractivity contribution in [1.29, 1.82) is 0 Å². The topological polar surface area (TPSA) is 55.3 Å². The van der Waals surface area contributed by atoms with Crippen molar-refractivity contribution in [2.75, 3.05) is 18.8 Å². The number of rotatable bonds is 4. The lowest BCUT2D eigenvalue weighted by Gasteiger charge is -2.47. The van der Waals surface area contributed by atoms with E-state index in [9.17, 15) is 4.79 Å². The second-order valence-corrected chi connectivity index (χ2v) is 8.64. The number of thioether (sulfide) groups is 1. The van der Waals surface area contributed by atoms with Gasteiger partial charge in [-0.05, 0) is 25.5 Å². The van der Waals surface area contributed by atoms with Gasteiger partial charge in [-0.2, -0.15) is 0 Å². The minimum absolute atomic E-state index is 0.0517. The molecule has 2 aromatic rings. The number of thiazole rings is 1. The number of carbonyl (C=O) groups excluding carboxylic acids is 1. The molecule has 0 radical (unpaired) electrons. The summed E-state index contributed by atoms with van der Waals surface area (Å²) in [5.74, 6) is 1.04. The van der Waals surface area contributed by atoms with Crippen LogP contribution in [0.2, 0.25) is 0 Å². The van der Waals surface area contributed by atoms with Crippen LogP contribution in [0.3, 0.4) is 0 Å². The Morgan fingerprint density at radius 1 is 1.46 bits per heavy atom. The van der Waals surface area contributed by atoms with Gasteiger partial charge in [0, 0.05) is 29.9 Å². The van der Waals surface area contributed by atoms with Crippen molar-refractivity contribution in [2.24, 2.45) is 0 Å². The maximum atomic E-state index is 12.3. The Morgan fingerprint density at radius 2 is 2.33 bits per heavy atom. The number of aromatic nitrogens is 2. The fourth-order valence-corrected chi connectivity index (χ4v) is 5.36. The van der Waals surface area contributed by atoms with Crippen molar-refractivity contribution in [3.8, 4) is 0 Å². The maximum absolute atomic E-state index is 12.3. The van der Waals surface area contributed by atoms with Crippen molar-refractivity contribution < 1.29 is 9.53 Å². The highest BCUT2D eigenvalue weighted by Crippen LogP contribution is 2.46. The molecule has 2 aromatic heterocycles. The summed E-state index contributed by atoms with van der Waals surface area (Å²) >= 11 is 3.40. The van der Waals surface area contributed by atoms with Crippen LogP contribution in [0.15, 0.2) is 29.1 Å². The zero-order chi connectivity index (χ0) is 16.6. The Kier molecular flexibility index (Phi) is 4.32. The molecule has 2 aliphatic heterocycles. The van der Waals surface area contributed by atoms with Crippen molar-refractivity contribution in [3.63, 3.8) is 0 Å². The molecule has 0 saturated carbocycles. The smallest absolute Gasteiger partial charge is 0.273 e. The van der Waals surface area contributed by atoms with Gasteiger partial charge in [0.15, 0.2) is 0 Å². The van der Waals surface area contributed by atoms with E-state index in [1.165, 1.54) is 11.3 Å². The summed E-state index contributed by atoms with van der Waals surface area (Å²) in [7, 11) is 0. The fourth-order valence-electron chi connectivity index (χ4n) is 3.29. The Bertz CT molecular complexity index is 729. The first-order valence-electron chi connectivity index (χ1n) is 7.99. The third-order valence-corrected chi connectivity index (χ3v) is 6.65. The van der Waals surface area contributed by atoms with E-state index in [-0.39, 0.29) is 16.8 Å². The normalized spacial score (nSPS) is 21.9. The quantitative estimate of drug-likeness (QED) is 0.838. The van der Waals surface area contributed by atoms with Gasteiger partial charge in [0.1, 0.15) is 5.69 Å². The van der Waals surface area contributed by atoms with Crippen molar-refractivity contribution >= 4 is 29.0 Å². The lowest BCUT2D eigenvalue weighted by atomic mass is 9.92. The molecule has 4 rings (SSSR count). The molecule has 24 heavy (non-hydrogen) atoms. The van der Waals surface area contributed by atoms with Crippen LogP contribution in [0, 0.1) is 6.92 Å². The number of nitrogens with zero attached hydrogens (tertiary/aromatic N) is 3. The highest BCUT2D eigenvalue weighted by molar-refractivity contribution is 8.01. The van der Waals surface area contributed by atoms with Crippen LogP contribution in [-0.4, -0.2) is 50.5 Å². The average Bonchev–Trinajstić information content (AvgIpc) is 3.21. The number of aryl methyl sites for hydroxylation is 1. The largest absolute Gasteiger partial charge is 0.371 e. The summed E-state index contributed by atoms with van der Waals surface area (Å²) in [5, 5.41) is 1.82. The molecule has 2 saturated heterocycles. The molecule has 1 atom stereocenters. The third-order valence-electron chi connectivity index (χ3n) is 4.48. The van der Waals surface area contributed by atoms with E-state index in [1.54, 1.807) is 5.51 Å². The van der Waals surface area contributed by atoms with Gasteiger partial charge in [0.25, 0.3) is 5.91 Å². The standard InChI is InChI=1S/C17H19N3O2S2/c1-12-3-2-4-13(19-12)6-22-14-5-17(24-7-14)9-20(10-17)16(21)15-8-23-11-18-15/h2-4,8,11,14H,5-7,9-10H2,1H3/t14-/m0/s1. The predicted molar refractivity (Wildman–Crippen MR) is 95.4 cm³/mol. The molecule has 0 aromatic carbocycles. The molecule has 7 heteroatoms. The fraction of sp³-hybridized carbons (Fsp3) is 0.471. The van der Waals surface area contributed by atoms with Gasteiger partial charge < -0.3 is 9.64 Å². The van der Waals surface area contributed by atoms with Gasteiger partial charge in [0.05, 0.1) is 28.7 Å². The first-order valence-corrected chi connectivity index (χ1v) is 9.92. The van der Waals surface area contributed by atoms with E-state index in [2.05, 4.69) is 9.97 Å². The first-order chi connectivity index (χ1) is 11.6. The lowest BCUT2D eigenvalue weighted by Crippen LogP contribution is -2.60. The van der Waals surface area contributed by atoms with E-state index in [4.69, 9.17) is 4.74 Å². The molecule has 0 unspecified atom stereocenters. The van der Waals surface area contributed by atoms with Gasteiger partial charge in [-0.25, -0.2) is 4.98 Å². The summed E-state index contributed by atoms with van der Waals surface area (Å²) in [6.45, 7) is 4.16. The zero-order valence-corrected chi connectivity index (χ0v) is 15.1. The van der Waals surface area contributed by atoms with Crippen LogP contribution < -0.4 is 0 Å². The van der Waals surface area contributed by atoms with E-state index < -0.39 is 0 Å². The van der Waals surface area contributed by atoms with Gasteiger partial charge in [0.2, 0.25) is 0 Å². The number of pyridine rings is 1. The van der Waals surface area contributed by atoms with Crippen LogP contribution in [0.1, 0.15) is 28.3 Å². The van der Waals surface area contributed by atoms with E-state index >= 15 is 0 Å². The van der Waals surface area contributed by atoms with Crippen LogP contribution in [0.4, 0.5) is 0 Å². The number of likely N-dealkylation sites (tertiary alicyclic amines) is 1.